The van der Waals surface area contributed by atoms with Gasteiger partial charge in [0.2, 0.25) is 0 Å². The number of nitrogens with one attached hydrogen (secondary N) is 2. The largest absolute Gasteiger partial charge is 0.370 e. The number of carbonyl (C=O) groups excluding carboxylic acids is 1. The zero-order valence-electron chi connectivity index (χ0n) is 11.4. The predicted octanol–water partition coefficient (Wildman–Crippen LogP) is 2.33. The Morgan fingerprint density at radius 2 is 2.20 bits per heavy atom. The van der Waals surface area contributed by atoms with Crippen molar-refractivity contribution in [3.8, 4) is 0 Å². The van der Waals surface area contributed by atoms with E-state index in [4.69, 9.17) is 0 Å². The second kappa shape index (κ2) is 7.59. The van der Waals surface area contributed by atoms with E-state index in [1.807, 2.05) is 11.4 Å². The maximum absolute atomic E-state index is 11.9. The molecule has 0 aliphatic heterocycles. The minimum atomic E-state index is -0.101. The minimum Gasteiger partial charge on any atom is -0.370 e. The summed E-state index contributed by atoms with van der Waals surface area (Å²) in [6.07, 6.45) is 5.16. The first-order chi connectivity index (χ1) is 9.79. The molecule has 2 aromatic heterocycles. The van der Waals surface area contributed by atoms with Crippen LogP contribution >= 0.6 is 11.3 Å². The number of carbonyl (C=O) groups is 1. The van der Waals surface area contributed by atoms with E-state index in [0.29, 0.717) is 12.1 Å². The molecule has 0 atom stereocenters. The van der Waals surface area contributed by atoms with E-state index in [1.165, 1.54) is 0 Å². The van der Waals surface area contributed by atoms with Crippen LogP contribution in [0.5, 0.6) is 0 Å². The molecule has 2 N–H and O–H groups in total. The van der Waals surface area contributed by atoms with Gasteiger partial charge in [0.25, 0.3) is 5.91 Å². The summed E-state index contributed by atoms with van der Waals surface area (Å²) in [5.41, 5.74) is 0.575. The Morgan fingerprint density at radius 3 is 2.85 bits per heavy atom. The molecule has 0 fully saturated rings. The van der Waals surface area contributed by atoms with Crippen molar-refractivity contribution in [2.75, 3.05) is 18.4 Å². The zero-order valence-corrected chi connectivity index (χ0v) is 12.2. The average molecular weight is 290 g/mol. The van der Waals surface area contributed by atoms with Gasteiger partial charge in [-0.3, -0.25) is 4.79 Å². The molecular weight excluding hydrogens is 272 g/mol. The van der Waals surface area contributed by atoms with E-state index in [9.17, 15) is 4.79 Å². The monoisotopic (exact) mass is 290 g/mol. The topological polar surface area (TPSA) is 66.9 Å². The molecule has 20 heavy (non-hydrogen) atoms. The van der Waals surface area contributed by atoms with Crippen molar-refractivity contribution in [1.29, 1.82) is 0 Å². The Balaban J connectivity index is 1.79. The zero-order chi connectivity index (χ0) is 14.2. The van der Waals surface area contributed by atoms with Gasteiger partial charge in [-0.15, -0.1) is 11.3 Å². The van der Waals surface area contributed by atoms with Gasteiger partial charge in [-0.1, -0.05) is 6.92 Å². The molecule has 0 aromatic carbocycles. The van der Waals surface area contributed by atoms with E-state index in [2.05, 4.69) is 27.5 Å². The van der Waals surface area contributed by atoms with Crippen molar-refractivity contribution >= 4 is 23.1 Å². The van der Waals surface area contributed by atoms with Crippen LogP contribution in [0.2, 0.25) is 0 Å². The molecule has 2 aromatic rings. The Hall–Kier alpha value is -1.95. The fourth-order valence-electron chi connectivity index (χ4n) is 1.65. The highest BCUT2D eigenvalue weighted by atomic mass is 32.1. The molecule has 0 aliphatic carbocycles. The fourth-order valence-corrected chi connectivity index (χ4v) is 2.27. The number of anilines is 1. The number of thiazole rings is 1. The number of amides is 1. The van der Waals surface area contributed by atoms with Gasteiger partial charge in [0, 0.05) is 37.3 Å². The number of nitrogens with zero attached hydrogens (tertiary/aromatic N) is 2. The third-order valence-electron chi connectivity index (χ3n) is 2.69. The summed E-state index contributed by atoms with van der Waals surface area (Å²) in [6.45, 7) is 3.56. The summed E-state index contributed by atoms with van der Waals surface area (Å²) < 4.78 is 0. The maximum Gasteiger partial charge on any atom is 0.252 e. The summed E-state index contributed by atoms with van der Waals surface area (Å²) in [5.74, 6) is 0.697. The van der Waals surface area contributed by atoms with Gasteiger partial charge in [0.15, 0.2) is 0 Å². The molecule has 2 heterocycles. The van der Waals surface area contributed by atoms with E-state index in [1.54, 1.807) is 29.8 Å². The van der Waals surface area contributed by atoms with E-state index in [0.717, 1.165) is 30.2 Å². The van der Waals surface area contributed by atoms with Crippen LogP contribution in [0.1, 0.15) is 28.7 Å². The van der Waals surface area contributed by atoms with Gasteiger partial charge in [0.1, 0.15) is 5.82 Å². The van der Waals surface area contributed by atoms with Crippen molar-refractivity contribution in [2.24, 2.45) is 0 Å². The molecule has 0 saturated carbocycles. The maximum atomic E-state index is 11.9. The van der Waals surface area contributed by atoms with Crippen LogP contribution in [0.4, 0.5) is 5.82 Å². The van der Waals surface area contributed by atoms with Crippen LogP contribution in [-0.2, 0) is 6.42 Å². The second-order valence-electron chi connectivity index (χ2n) is 4.29. The van der Waals surface area contributed by atoms with Crippen molar-refractivity contribution < 1.29 is 4.79 Å². The quantitative estimate of drug-likeness (QED) is 0.821. The Bertz CT molecular complexity index is 525. The molecule has 0 saturated heterocycles. The number of pyridine rings is 1. The first-order valence-electron chi connectivity index (χ1n) is 6.66. The molecule has 106 valence electrons. The van der Waals surface area contributed by atoms with Crippen LogP contribution in [0.3, 0.4) is 0 Å². The molecule has 2 rings (SSSR count). The molecule has 0 bridgehead atoms. The fraction of sp³-hybridized carbons (Fsp3) is 0.357. The number of rotatable bonds is 7. The van der Waals surface area contributed by atoms with Gasteiger partial charge in [-0.25, -0.2) is 9.97 Å². The van der Waals surface area contributed by atoms with Crippen molar-refractivity contribution in [3.05, 3.63) is 40.5 Å². The van der Waals surface area contributed by atoms with Gasteiger partial charge < -0.3 is 10.6 Å². The average Bonchev–Trinajstić information content (AvgIpc) is 2.99. The SMILES string of the molecule is CCCNc1ccc(C(=O)NCCc2nccs2)cn1. The first-order valence-corrected chi connectivity index (χ1v) is 7.54. The first kappa shape index (κ1) is 14.5. The third-order valence-corrected chi connectivity index (χ3v) is 3.53. The lowest BCUT2D eigenvalue weighted by Crippen LogP contribution is -2.25. The van der Waals surface area contributed by atoms with Crippen LogP contribution < -0.4 is 10.6 Å². The van der Waals surface area contributed by atoms with Crippen LogP contribution in [-0.4, -0.2) is 29.0 Å². The van der Waals surface area contributed by atoms with E-state index < -0.39 is 0 Å². The summed E-state index contributed by atoms with van der Waals surface area (Å²) in [4.78, 5) is 20.3. The molecule has 1 amide bonds. The Kier molecular flexibility index (Phi) is 5.49. The summed E-state index contributed by atoms with van der Waals surface area (Å²) >= 11 is 1.60. The van der Waals surface area contributed by atoms with Gasteiger partial charge in [-0.05, 0) is 18.6 Å². The number of aromatic nitrogens is 2. The normalized spacial score (nSPS) is 10.2. The van der Waals surface area contributed by atoms with Gasteiger partial charge in [0.05, 0.1) is 10.6 Å². The third kappa shape index (κ3) is 4.31. The highest BCUT2D eigenvalue weighted by Crippen LogP contribution is 2.06. The second-order valence-corrected chi connectivity index (χ2v) is 5.27. The highest BCUT2D eigenvalue weighted by Gasteiger charge is 2.06. The van der Waals surface area contributed by atoms with Gasteiger partial charge in [-0.2, -0.15) is 0 Å². The number of hydrogen-bond donors (Lipinski definition) is 2. The molecule has 0 unspecified atom stereocenters. The highest BCUT2D eigenvalue weighted by molar-refractivity contribution is 7.09. The van der Waals surface area contributed by atoms with Crippen LogP contribution in [0.15, 0.2) is 29.9 Å². The predicted molar refractivity (Wildman–Crippen MR) is 81.2 cm³/mol. The summed E-state index contributed by atoms with van der Waals surface area (Å²) in [5, 5.41) is 9.00. The molecule has 0 radical (unpaired) electrons. The lowest BCUT2D eigenvalue weighted by molar-refractivity contribution is 0.0954. The van der Waals surface area contributed by atoms with Crippen LogP contribution in [0.25, 0.3) is 0 Å². The Labute approximate surface area is 122 Å². The molecule has 5 nitrogen and oxygen atoms in total. The Morgan fingerprint density at radius 1 is 1.30 bits per heavy atom. The molecule has 6 heteroatoms. The van der Waals surface area contributed by atoms with Crippen molar-refractivity contribution in [1.82, 2.24) is 15.3 Å². The van der Waals surface area contributed by atoms with Gasteiger partial charge >= 0.3 is 0 Å². The standard InChI is InChI=1S/C14H18N4OS/c1-2-6-15-12-4-3-11(10-18-12)14(19)17-7-5-13-16-8-9-20-13/h3-4,8-10H,2,5-7H2,1H3,(H,15,18)(H,17,19). The minimum absolute atomic E-state index is 0.101. The molecular formula is C14H18N4OS. The molecule has 0 spiro atoms. The van der Waals surface area contributed by atoms with Crippen LogP contribution in [0, 0.1) is 0 Å². The van der Waals surface area contributed by atoms with E-state index >= 15 is 0 Å². The summed E-state index contributed by atoms with van der Waals surface area (Å²) in [6, 6.07) is 3.61. The van der Waals surface area contributed by atoms with E-state index in [-0.39, 0.29) is 5.91 Å². The number of hydrogen-bond acceptors (Lipinski definition) is 5. The smallest absolute Gasteiger partial charge is 0.252 e. The van der Waals surface area contributed by atoms with Crippen molar-refractivity contribution in [2.45, 2.75) is 19.8 Å². The lowest BCUT2D eigenvalue weighted by Gasteiger charge is -2.06. The lowest BCUT2D eigenvalue weighted by atomic mass is 10.2. The molecule has 0 aliphatic rings. The van der Waals surface area contributed by atoms with Crippen molar-refractivity contribution in [3.63, 3.8) is 0 Å². The summed E-state index contributed by atoms with van der Waals surface area (Å²) in [7, 11) is 0.